The van der Waals surface area contributed by atoms with Crippen LogP contribution >= 0.6 is 0 Å². The summed E-state index contributed by atoms with van der Waals surface area (Å²) < 4.78 is 4.90. The molecular weight excluding hydrogens is 641 g/mol. The van der Waals surface area contributed by atoms with E-state index in [1.807, 2.05) is 0 Å². The molecule has 2 aliphatic rings. The summed E-state index contributed by atoms with van der Waals surface area (Å²) in [6.45, 7) is 4.72. The van der Waals surface area contributed by atoms with Crippen molar-refractivity contribution in [2.45, 2.75) is 32.1 Å². The van der Waals surface area contributed by atoms with Crippen molar-refractivity contribution < 1.29 is 0 Å². The lowest BCUT2D eigenvalue weighted by Gasteiger charge is -2.21. The second-order valence-corrected chi connectivity index (χ2v) is 15.3. The minimum Gasteiger partial charge on any atom is -0.313 e. The van der Waals surface area contributed by atoms with Crippen LogP contribution in [-0.4, -0.2) is 9.13 Å². The van der Waals surface area contributed by atoms with Crippen LogP contribution in [-0.2, 0) is 5.41 Å². The van der Waals surface area contributed by atoms with Gasteiger partial charge in [-0.05, 0) is 112 Å². The molecule has 7 aromatic carbocycles. The molecule has 0 unspecified atom stereocenters. The lowest BCUT2D eigenvalue weighted by atomic mass is 9.82. The van der Waals surface area contributed by atoms with Gasteiger partial charge in [-0.15, -0.1) is 0 Å². The second kappa shape index (κ2) is 11.3. The number of hydrogen-bond donors (Lipinski definition) is 0. The van der Waals surface area contributed by atoms with Crippen LogP contribution < -0.4 is 0 Å². The van der Waals surface area contributed by atoms with E-state index in [9.17, 15) is 0 Å². The third kappa shape index (κ3) is 4.45. The molecule has 2 nitrogen and oxygen atoms in total. The minimum absolute atomic E-state index is 0.0295. The molecule has 0 aliphatic heterocycles. The predicted octanol–water partition coefficient (Wildman–Crippen LogP) is 13.7. The van der Waals surface area contributed by atoms with Crippen LogP contribution in [0.15, 0.2) is 170 Å². The topological polar surface area (TPSA) is 9.86 Å². The molecular formula is C51H38N2. The summed E-state index contributed by atoms with van der Waals surface area (Å²) >= 11 is 0. The number of fused-ring (bicyclic) bond motifs is 9. The average Bonchev–Trinajstić information content (AvgIpc) is 3.80. The van der Waals surface area contributed by atoms with Gasteiger partial charge >= 0.3 is 0 Å². The number of aromatic nitrogens is 2. The zero-order chi connectivity index (χ0) is 35.3. The van der Waals surface area contributed by atoms with E-state index in [0.717, 1.165) is 12.8 Å². The Labute approximate surface area is 309 Å². The van der Waals surface area contributed by atoms with E-state index < -0.39 is 0 Å². The molecule has 0 radical (unpaired) electrons. The maximum atomic E-state index is 2.46. The zero-order valence-corrected chi connectivity index (χ0v) is 30.0. The quantitative estimate of drug-likeness (QED) is 0.175. The Morgan fingerprint density at radius 1 is 0.453 bits per heavy atom. The van der Waals surface area contributed by atoms with Gasteiger partial charge in [0.1, 0.15) is 0 Å². The Bertz CT molecular complexity index is 3000. The van der Waals surface area contributed by atoms with Crippen molar-refractivity contribution in [2.24, 2.45) is 0 Å². The van der Waals surface area contributed by atoms with Gasteiger partial charge in [0, 0.05) is 38.3 Å². The maximum Gasteiger partial charge on any atom is 0.0547 e. The molecule has 2 heteroatoms. The van der Waals surface area contributed by atoms with Gasteiger partial charge in [-0.1, -0.05) is 129 Å². The van der Waals surface area contributed by atoms with Gasteiger partial charge in [-0.25, -0.2) is 0 Å². The van der Waals surface area contributed by atoms with Crippen LogP contribution in [0.4, 0.5) is 0 Å². The van der Waals surface area contributed by atoms with Crippen LogP contribution in [0, 0.1) is 0 Å². The predicted molar refractivity (Wildman–Crippen MR) is 225 cm³/mol. The van der Waals surface area contributed by atoms with Crippen molar-refractivity contribution in [1.82, 2.24) is 9.13 Å². The molecule has 0 spiro atoms. The van der Waals surface area contributed by atoms with Crippen LogP contribution in [0.3, 0.4) is 0 Å². The first-order valence-corrected chi connectivity index (χ1v) is 18.8. The van der Waals surface area contributed by atoms with Crippen LogP contribution in [0.1, 0.15) is 37.8 Å². The maximum absolute atomic E-state index is 2.46. The van der Waals surface area contributed by atoms with E-state index in [4.69, 9.17) is 0 Å². The summed E-state index contributed by atoms with van der Waals surface area (Å²) in [4.78, 5) is 0. The van der Waals surface area contributed by atoms with Gasteiger partial charge in [0.05, 0.1) is 22.1 Å². The highest BCUT2D eigenvalue weighted by Crippen LogP contribution is 2.51. The molecule has 9 aromatic rings. The molecule has 0 atom stereocenters. The first-order valence-electron chi connectivity index (χ1n) is 18.8. The van der Waals surface area contributed by atoms with Crippen molar-refractivity contribution in [3.63, 3.8) is 0 Å². The van der Waals surface area contributed by atoms with E-state index >= 15 is 0 Å². The minimum atomic E-state index is -0.0295. The molecule has 252 valence electrons. The Morgan fingerprint density at radius 3 is 1.75 bits per heavy atom. The van der Waals surface area contributed by atoms with Gasteiger partial charge in [0.15, 0.2) is 0 Å². The lowest BCUT2D eigenvalue weighted by Crippen LogP contribution is -2.14. The monoisotopic (exact) mass is 678 g/mol. The number of rotatable bonds is 4. The summed E-state index contributed by atoms with van der Waals surface area (Å²) in [7, 11) is 0. The van der Waals surface area contributed by atoms with Gasteiger partial charge < -0.3 is 9.13 Å². The number of hydrogen-bond acceptors (Lipinski definition) is 0. The summed E-state index contributed by atoms with van der Waals surface area (Å²) in [5.41, 5.74) is 18.0. The van der Waals surface area contributed by atoms with E-state index in [2.05, 4.69) is 193 Å². The average molecular weight is 679 g/mol. The van der Waals surface area contributed by atoms with E-state index in [1.165, 1.54) is 99.5 Å². The summed E-state index contributed by atoms with van der Waals surface area (Å²) in [5.74, 6) is 0. The van der Waals surface area contributed by atoms with Crippen LogP contribution in [0.5, 0.6) is 0 Å². The molecule has 0 amide bonds. The van der Waals surface area contributed by atoms with Crippen molar-refractivity contribution in [3.8, 4) is 39.1 Å². The molecule has 0 N–H and O–H groups in total. The Balaban J connectivity index is 0.956. The highest BCUT2D eigenvalue weighted by molar-refractivity contribution is 6.12. The third-order valence-corrected chi connectivity index (χ3v) is 12.0. The highest BCUT2D eigenvalue weighted by Gasteiger charge is 2.36. The number of benzene rings is 7. The first-order chi connectivity index (χ1) is 26.0. The molecule has 0 saturated carbocycles. The van der Waals surface area contributed by atoms with Crippen LogP contribution in [0.2, 0.25) is 0 Å². The highest BCUT2D eigenvalue weighted by atomic mass is 15.0. The largest absolute Gasteiger partial charge is 0.313 e. The SMILES string of the molecule is CC1(C)c2ccccc2-c2cc3c(cc21)c1ccccc1n3-c1ccc(-c2ccc(-c3ccc4c(c3)c3ccccc3n4C3=CC=CCC3)cc2)cc1. The van der Waals surface area contributed by atoms with Crippen molar-refractivity contribution in [2.75, 3.05) is 0 Å². The molecule has 53 heavy (non-hydrogen) atoms. The van der Waals surface area contributed by atoms with E-state index in [0.29, 0.717) is 0 Å². The van der Waals surface area contributed by atoms with Crippen LogP contribution in [0.25, 0.3) is 88.4 Å². The summed E-state index contributed by atoms with van der Waals surface area (Å²) in [6, 6.07) is 56.6. The molecule has 0 bridgehead atoms. The third-order valence-electron chi connectivity index (χ3n) is 12.0. The van der Waals surface area contributed by atoms with Gasteiger partial charge in [-0.2, -0.15) is 0 Å². The molecule has 2 heterocycles. The number of nitrogens with zero attached hydrogens (tertiary/aromatic N) is 2. The lowest BCUT2D eigenvalue weighted by molar-refractivity contribution is 0.661. The Hall–Kier alpha value is -6.38. The fourth-order valence-corrected chi connectivity index (χ4v) is 9.34. The second-order valence-electron chi connectivity index (χ2n) is 15.3. The smallest absolute Gasteiger partial charge is 0.0547 e. The fourth-order valence-electron chi connectivity index (χ4n) is 9.34. The molecule has 0 fully saturated rings. The number of para-hydroxylation sites is 2. The summed E-state index contributed by atoms with van der Waals surface area (Å²) in [6.07, 6.45) is 8.86. The van der Waals surface area contributed by atoms with Gasteiger partial charge in [-0.3, -0.25) is 0 Å². The van der Waals surface area contributed by atoms with Crippen molar-refractivity contribution in [1.29, 1.82) is 0 Å². The van der Waals surface area contributed by atoms with E-state index in [-0.39, 0.29) is 5.41 Å². The summed E-state index contributed by atoms with van der Waals surface area (Å²) in [5, 5.41) is 5.21. The first kappa shape index (κ1) is 30.3. The standard InChI is InChI=1S/C51H38N2/c1-51(2)45-17-9-6-14-39(45)42-32-50-44(31-46(42)51)41-16-8-11-19-48(41)53(50)38-27-24-34(25-28-38)33-20-22-35(23-21-33)36-26-29-49-43(30-36)40-15-7-10-18-47(40)52(49)37-12-4-3-5-13-37/h3-4,6-12,14-32H,5,13H2,1-2H3. The number of allylic oxidation sites excluding steroid dienone is 4. The van der Waals surface area contributed by atoms with E-state index in [1.54, 1.807) is 0 Å². The molecule has 2 aliphatic carbocycles. The molecule has 2 aromatic heterocycles. The van der Waals surface area contributed by atoms with Crippen molar-refractivity contribution >= 4 is 49.3 Å². The fraction of sp³-hybridized carbons (Fsp3) is 0.0980. The van der Waals surface area contributed by atoms with Gasteiger partial charge in [0.2, 0.25) is 0 Å². The normalized spacial score (nSPS) is 14.6. The van der Waals surface area contributed by atoms with Gasteiger partial charge in [0.25, 0.3) is 0 Å². The Kier molecular flexibility index (Phi) is 6.46. The molecule has 11 rings (SSSR count). The zero-order valence-electron chi connectivity index (χ0n) is 30.0. The Morgan fingerprint density at radius 2 is 1.04 bits per heavy atom. The molecule has 0 saturated heterocycles. The van der Waals surface area contributed by atoms with Crippen molar-refractivity contribution in [3.05, 3.63) is 181 Å².